The lowest BCUT2D eigenvalue weighted by atomic mass is 10.0. The van der Waals surface area contributed by atoms with Crippen molar-refractivity contribution >= 4 is 11.6 Å². The minimum absolute atomic E-state index is 0.100. The van der Waals surface area contributed by atoms with E-state index in [0.717, 1.165) is 18.4 Å². The highest BCUT2D eigenvalue weighted by Crippen LogP contribution is 2.32. The minimum atomic E-state index is -0.361. The Morgan fingerprint density at radius 2 is 2.31 bits per heavy atom. The standard InChI is InChI=1S/C12H14ClFO2/c1-15-11-3-2-8(6-10(11)14)12-7-9(13)4-5-16-12/h2-3,6,9,12H,4-5,7H2,1H3. The van der Waals surface area contributed by atoms with Crippen molar-refractivity contribution in [3.8, 4) is 5.75 Å². The highest BCUT2D eigenvalue weighted by molar-refractivity contribution is 6.20. The number of hydrogen-bond donors (Lipinski definition) is 0. The maximum Gasteiger partial charge on any atom is 0.165 e. The van der Waals surface area contributed by atoms with Gasteiger partial charge in [-0.1, -0.05) is 6.07 Å². The van der Waals surface area contributed by atoms with Crippen LogP contribution in [0.5, 0.6) is 5.75 Å². The molecule has 2 rings (SSSR count). The van der Waals surface area contributed by atoms with Crippen LogP contribution < -0.4 is 4.74 Å². The number of ether oxygens (including phenoxy) is 2. The van der Waals surface area contributed by atoms with Crippen LogP contribution >= 0.6 is 11.6 Å². The zero-order valence-corrected chi connectivity index (χ0v) is 9.84. The molecule has 0 amide bonds. The molecule has 16 heavy (non-hydrogen) atoms. The monoisotopic (exact) mass is 244 g/mol. The maximum absolute atomic E-state index is 13.5. The summed E-state index contributed by atoms with van der Waals surface area (Å²) in [4.78, 5) is 0. The zero-order chi connectivity index (χ0) is 11.5. The minimum Gasteiger partial charge on any atom is -0.494 e. The van der Waals surface area contributed by atoms with E-state index in [1.54, 1.807) is 6.07 Å². The Hall–Kier alpha value is -0.800. The number of benzene rings is 1. The third-order valence-corrected chi connectivity index (χ3v) is 3.16. The van der Waals surface area contributed by atoms with E-state index < -0.39 is 0 Å². The number of hydrogen-bond acceptors (Lipinski definition) is 2. The predicted octanol–water partition coefficient (Wildman–Crippen LogP) is 3.29. The van der Waals surface area contributed by atoms with E-state index >= 15 is 0 Å². The first-order valence-corrected chi connectivity index (χ1v) is 5.73. The number of rotatable bonds is 2. The number of alkyl halides is 1. The van der Waals surface area contributed by atoms with E-state index in [0.29, 0.717) is 6.61 Å². The molecule has 0 N–H and O–H groups in total. The molecule has 1 aliphatic rings. The van der Waals surface area contributed by atoms with Gasteiger partial charge in [0.2, 0.25) is 0 Å². The van der Waals surface area contributed by atoms with Gasteiger partial charge in [0.1, 0.15) is 0 Å². The summed E-state index contributed by atoms with van der Waals surface area (Å²) >= 11 is 6.06. The summed E-state index contributed by atoms with van der Waals surface area (Å²) < 4.78 is 23.9. The second kappa shape index (κ2) is 5.02. The van der Waals surface area contributed by atoms with Crippen LogP contribution in [0.25, 0.3) is 0 Å². The zero-order valence-electron chi connectivity index (χ0n) is 9.08. The maximum atomic E-state index is 13.5. The lowest BCUT2D eigenvalue weighted by Crippen LogP contribution is -2.19. The van der Waals surface area contributed by atoms with E-state index in [2.05, 4.69) is 0 Å². The van der Waals surface area contributed by atoms with Crippen molar-refractivity contribution in [3.63, 3.8) is 0 Å². The Bertz CT molecular complexity index is 370. The summed E-state index contributed by atoms with van der Waals surface area (Å²) in [7, 11) is 1.45. The fourth-order valence-electron chi connectivity index (χ4n) is 1.87. The van der Waals surface area contributed by atoms with Gasteiger partial charge < -0.3 is 9.47 Å². The Morgan fingerprint density at radius 1 is 1.50 bits per heavy atom. The van der Waals surface area contributed by atoms with Gasteiger partial charge in [0.15, 0.2) is 11.6 Å². The smallest absolute Gasteiger partial charge is 0.165 e. The fourth-order valence-corrected chi connectivity index (χ4v) is 2.12. The predicted molar refractivity (Wildman–Crippen MR) is 60.5 cm³/mol. The van der Waals surface area contributed by atoms with Gasteiger partial charge in [-0.3, -0.25) is 0 Å². The van der Waals surface area contributed by atoms with Gasteiger partial charge in [0.25, 0.3) is 0 Å². The summed E-state index contributed by atoms with van der Waals surface area (Å²) in [6.07, 6.45) is 1.49. The van der Waals surface area contributed by atoms with Gasteiger partial charge in [-0.05, 0) is 30.5 Å². The number of halogens is 2. The Labute approximate surface area is 99.3 Å². The molecular weight excluding hydrogens is 231 g/mol. The summed E-state index contributed by atoms with van der Waals surface area (Å²) in [5.74, 6) is -0.109. The van der Waals surface area contributed by atoms with Crippen LogP contribution in [0.3, 0.4) is 0 Å². The van der Waals surface area contributed by atoms with Crippen LogP contribution in [0.4, 0.5) is 4.39 Å². The molecule has 1 fully saturated rings. The van der Waals surface area contributed by atoms with Crippen LogP contribution in [-0.4, -0.2) is 19.1 Å². The molecule has 2 unspecified atom stereocenters. The molecule has 2 nitrogen and oxygen atoms in total. The topological polar surface area (TPSA) is 18.5 Å². The molecule has 1 aliphatic heterocycles. The second-order valence-corrected chi connectivity index (χ2v) is 4.49. The van der Waals surface area contributed by atoms with Crippen molar-refractivity contribution in [1.29, 1.82) is 0 Å². The molecule has 0 aromatic heterocycles. The molecule has 0 spiro atoms. The van der Waals surface area contributed by atoms with Gasteiger partial charge in [-0.25, -0.2) is 4.39 Å². The largest absolute Gasteiger partial charge is 0.494 e. The summed E-state index contributed by atoms with van der Waals surface area (Å²) in [5.41, 5.74) is 0.823. The van der Waals surface area contributed by atoms with Gasteiger partial charge >= 0.3 is 0 Å². The molecule has 1 aromatic carbocycles. The van der Waals surface area contributed by atoms with Crippen molar-refractivity contribution in [3.05, 3.63) is 29.6 Å². The van der Waals surface area contributed by atoms with Crippen molar-refractivity contribution in [2.75, 3.05) is 13.7 Å². The van der Waals surface area contributed by atoms with Crippen LogP contribution in [0.15, 0.2) is 18.2 Å². The summed E-state index contributed by atoms with van der Waals surface area (Å²) in [6.45, 7) is 0.631. The van der Waals surface area contributed by atoms with Crippen molar-refractivity contribution < 1.29 is 13.9 Å². The Kier molecular flexibility index (Phi) is 3.66. The summed E-state index contributed by atoms with van der Waals surface area (Å²) in [5, 5.41) is 0.115. The SMILES string of the molecule is COc1ccc(C2CC(Cl)CCO2)cc1F. The first-order chi connectivity index (χ1) is 7.70. The average molecular weight is 245 g/mol. The lowest BCUT2D eigenvalue weighted by Gasteiger charge is -2.26. The van der Waals surface area contributed by atoms with Gasteiger partial charge in [0.05, 0.1) is 13.2 Å². The van der Waals surface area contributed by atoms with Crippen LogP contribution in [0, 0.1) is 5.82 Å². The first-order valence-electron chi connectivity index (χ1n) is 5.30. The molecule has 88 valence electrons. The van der Waals surface area contributed by atoms with Gasteiger partial charge in [-0.2, -0.15) is 0 Å². The molecule has 4 heteroatoms. The third-order valence-electron chi connectivity index (χ3n) is 2.77. The normalized spacial score (nSPS) is 25.4. The molecule has 1 saturated heterocycles. The Balaban J connectivity index is 2.17. The van der Waals surface area contributed by atoms with Crippen molar-refractivity contribution in [1.82, 2.24) is 0 Å². The fraction of sp³-hybridized carbons (Fsp3) is 0.500. The average Bonchev–Trinajstić information content (AvgIpc) is 2.29. The molecular formula is C12H14ClFO2. The quantitative estimate of drug-likeness (QED) is 0.744. The summed E-state index contributed by atoms with van der Waals surface area (Å²) in [6, 6.07) is 4.89. The van der Waals surface area contributed by atoms with E-state index in [9.17, 15) is 4.39 Å². The van der Waals surface area contributed by atoms with E-state index in [1.165, 1.54) is 13.2 Å². The molecule has 0 saturated carbocycles. The molecule has 0 bridgehead atoms. The van der Waals surface area contributed by atoms with Crippen LogP contribution in [0.1, 0.15) is 24.5 Å². The van der Waals surface area contributed by atoms with Crippen LogP contribution in [-0.2, 0) is 4.74 Å². The Morgan fingerprint density at radius 3 is 2.94 bits per heavy atom. The molecule has 0 radical (unpaired) electrons. The highest BCUT2D eigenvalue weighted by Gasteiger charge is 2.23. The van der Waals surface area contributed by atoms with E-state index in [1.807, 2.05) is 6.07 Å². The van der Waals surface area contributed by atoms with Crippen molar-refractivity contribution in [2.45, 2.75) is 24.3 Å². The highest BCUT2D eigenvalue weighted by atomic mass is 35.5. The molecule has 1 heterocycles. The van der Waals surface area contributed by atoms with E-state index in [4.69, 9.17) is 21.1 Å². The van der Waals surface area contributed by atoms with E-state index in [-0.39, 0.29) is 23.0 Å². The third kappa shape index (κ3) is 2.47. The van der Waals surface area contributed by atoms with Gasteiger partial charge in [0, 0.05) is 12.0 Å². The lowest BCUT2D eigenvalue weighted by molar-refractivity contribution is 0.0166. The second-order valence-electron chi connectivity index (χ2n) is 3.88. The van der Waals surface area contributed by atoms with Crippen LogP contribution in [0.2, 0.25) is 0 Å². The number of methoxy groups -OCH3 is 1. The van der Waals surface area contributed by atoms with Crippen molar-refractivity contribution in [2.24, 2.45) is 0 Å². The first kappa shape index (κ1) is 11.7. The molecule has 0 aliphatic carbocycles. The molecule has 1 aromatic rings. The van der Waals surface area contributed by atoms with Gasteiger partial charge in [-0.15, -0.1) is 11.6 Å². The molecule has 2 atom stereocenters.